The molecule has 1 aromatic heterocycles. The Morgan fingerprint density at radius 1 is 0.933 bits per heavy atom. The Bertz CT molecular complexity index is 515. The van der Waals surface area contributed by atoms with Crippen LogP contribution in [0.25, 0.3) is 17.2 Å². The Morgan fingerprint density at radius 3 is 2.67 bits per heavy atom. The van der Waals surface area contributed by atoms with Gasteiger partial charge in [0.15, 0.2) is 5.82 Å². The summed E-state index contributed by atoms with van der Waals surface area (Å²) in [6.45, 7) is 0. The van der Waals surface area contributed by atoms with Crippen LogP contribution in [-0.4, -0.2) is 4.98 Å². The van der Waals surface area contributed by atoms with Crippen LogP contribution in [0.3, 0.4) is 0 Å². The normalized spacial score (nSPS) is 12.3. The molecule has 1 aromatic carbocycles. The molecule has 2 heteroatoms. The van der Waals surface area contributed by atoms with Gasteiger partial charge in [-0.2, -0.15) is 0 Å². The second-order valence-corrected chi connectivity index (χ2v) is 3.45. The molecule has 0 N–H and O–H groups in total. The van der Waals surface area contributed by atoms with Crippen LogP contribution in [0.15, 0.2) is 48.8 Å². The SMILES string of the molecule is C1=Cc2cc(-c3ccccc3)cnc2[N]1. The van der Waals surface area contributed by atoms with Crippen molar-refractivity contribution in [3.05, 3.63) is 54.4 Å². The van der Waals surface area contributed by atoms with Crippen molar-refractivity contribution in [2.45, 2.75) is 0 Å². The molecular weight excluding hydrogens is 184 g/mol. The van der Waals surface area contributed by atoms with E-state index in [1.807, 2.05) is 30.5 Å². The first kappa shape index (κ1) is 8.24. The monoisotopic (exact) mass is 193 g/mol. The minimum atomic E-state index is 0.815. The number of rotatable bonds is 1. The number of hydrogen-bond donors (Lipinski definition) is 0. The maximum atomic E-state index is 4.31. The molecule has 2 aromatic rings. The Kier molecular flexibility index (Phi) is 1.78. The Morgan fingerprint density at radius 2 is 1.80 bits per heavy atom. The van der Waals surface area contributed by atoms with Gasteiger partial charge in [0, 0.05) is 23.5 Å². The maximum absolute atomic E-state index is 4.31. The molecule has 0 saturated heterocycles. The van der Waals surface area contributed by atoms with Crippen LogP contribution in [0.5, 0.6) is 0 Å². The predicted octanol–water partition coefficient (Wildman–Crippen LogP) is 2.97. The van der Waals surface area contributed by atoms with Crippen molar-refractivity contribution < 1.29 is 0 Å². The number of fused-ring (bicyclic) bond motifs is 1. The second kappa shape index (κ2) is 3.24. The molecule has 0 saturated carbocycles. The fraction of sp³-hybridized carbons (Fsp3) is 0. The summed E-state index contributed by atoms with van der Waals surface area (Å²) < 4.78 is 0. The smallest absolute Gasteiger partial charge is 0.159 e. The molecule has 1 aliphatic heterocycles. The van der Waals surface area contributed by atoms with Crippen molar-refractivity contribution in [3.63, 3.8) is 0 Å². The molecule has 2 nitrogen and oxygen atoms in total. The van der Waals surface area contributed by atoms with Crippen LogP contribution in [0.4, 0.5) is 5.82 Å². The quantitative estimate of drug-likeness (QED) is 0.684. The van der Waals surface area contributed by atoms with Crippen LogP contribution < -0.4 is 5.32 Å². The standard InChI is InChI=1S/C13H9N2/c1-2-4-10(5-3-1)12-8-11-6-7-14-13(11)15-9-12/h1-9H. The van der Waals surface area contributed by atoms with E-state index in [1.54, 1.807) is 6.20 Å². The highest BCUT2D eigenvalue weighted by molar-refractivity contribution is 5.73. The lowest BCUT2D eigenvalue weighted by Crippen LogP contribution is -1.88. The Labute approximate surface area is 88.3 Å². The zero-order valence-electron chi connectivity index (χ0n) is 8.09. The van der Waals surface area contributed by atoms with E-state index in [0.717, 1.165) is 16.9 Å². The van der Waals surface area contributed by atoms with Crippen molar-refractivity contribution >= 4 is 11.9 Å². The molecule has 0 bridgehead atoms. The number of hydrogen-bond acceptors (Lipinski definition) is 1. The molecule has 0 unspecified atom stereocenters. The number of aromatic nitrogens is 1. The third kappa shape index (κ3) is 1.40. The van der Waals surface area contributed by atoms with E-state index in [9.17, 15) is 0 Å². The summed E-state index contributed by atoms with van der Waals surface area (Å²) in [5, 5.41) is 4.14. The zero-order valence-corrected chi connectivity index (χ0v) is 8.09. The summed E-state index contributed by atoms with van der Waals surface area (Å²) in [4.78, 5) is 4.31. The predicted molar refractivity (Wildman–Crippen MR) is 60.5 cm³/mol. The van der Waals surface area contributed by atoms with Gasteiger partial charge in [0.25, 0.3) is 0 Å². The largest absolute Gasteiger partial charge is 0.237 e. The first-order valence-corrected chi connectivity index (χ1v) is 4.86. The average molecular weight is 193 g/mol. The second-order valence-electron chi connectivity index (χ2n) is 3.45. The van der Waals surface area contributed by atoms with Crippen LogP contribution >= 0.6 is 0 Å². The molecule has 0 atom stereocenters. The lowest BCUT2D eigenvalue weighted by Gasteiger charge is -2.02. The highest BCUT2D eigenvalue weighted by Crippen LogP contribution is 2.26. The molecule has 1 aliphatic rings. The molecule has 0 spiro atoms. The molecule has 0 amide bonds. The maximum Gasteiger partial charge on any atom is 0.159 e. The fourth-order valence-electron chi connectivity index (χ4n) is 1.68. The van der Waals surface area contributed by atoms with E-state index in [-0.39, 0.29) is 0 Å². The van der Waals surface area contributed by atoms with Gasteiger partial charge in [-0.05, 0) is 17.7 Å². The fourth-order valence-corrected chi connectivity index (χ4v) is 1.68. The van der Waals surface area contributed by atoms with Gasteiger partial charge in [-0.1, -0.05) is 30.3 Å². The van der Waals surface area contributed by atoms with Gasteiger partial charge in [0.05, 0.1) is 0 Å². The zero-order chi connectivity index (χ0) is 10.1. The van der Waals surface area contributed by atoms with Gasteiger partial charge < -0.3 is 0 Å². The Hall–Kier alpha value is -2.09. The van der Waals surface area contributed by atoms with Crippen LogP contribution in [-0.2, 0) is 0 Å². The van der Waals surface area contributed by atoms with E-state index in [4.69, 9.17) is 0 Å². The third-order valence-electron chi connectivity index (χ3n) is 2.45. The molecule has 71 valence electrons. The highest BCUT2D eigenvalue weighted by atomic mass is 15.0. The van der Waals surface area contributed by atoms with Crippen LogP contribution in [0.2, 0.25) is 0 Å². The van der Waals surface area contributed by atoms with Gasteiger partial charge in [0.2, 0.25) is 0 Å². The minimum absolute atomic E-state index is 0.815. The number of benzene rings is 1. The van der Waals surface area contributed by atoms with Gasteiger partial charge in [-0.25, -0.2) is 10.3 Å². The summed E-state index contributed by atoms with van der Waals surface area (Å²) in [6, 6.07) is 12.4. The average Bonchev–Trinajstić information content (AvgIpc) is 2.77. The molecule has 0 fully saturated rings. The summed E-state index contributed by atoms with van der Waals surface area (Å²) in [5.41, 5.74) is 3.42. The van der Waals surface area contributed by atoms with Crippen molar-refractivity contribution in [2.75, 3.05) is 0 Å². The van der Waals surface area contributed by atoms with E-state index < -0.39 is 0 Å². The van der Waals surface area contributed by atoms with Crippen LogP contribution in [0, 0.1) is 0 Å². The molecule has 3 rings (SSSR count). The van der Waals surface area contributed by atoms with Crippen LogP contribution in [0.1, 0.15) is 5.56 Å². The highest BCUT2D eigenvalue weighted by Gasteiger charge is 2.08. The summed E-state index contributed by atoms with van der Waals surface area (Å²) in [7, 11) is 0. The first-order chi connectivity index (χ1) is 7.43. The van der Waals surface area contributed by atoms with Gasteiger partial charge in [0.1, 0.15) is 0 Å². The van der Waals surface area contributed by atoms with E-state index in [0.29, 0.717) is 0 Å². The first-order valence-electron chi connectivity index (χ1n) is 4.86. The lowest BCUT2D eigenvalue weighted by atomic mass is 10.1. The molecule has 1 radical (unpaired) electrons. The topological polar surface area (TPSA) is 27.0 Å². The third-order valence-corrected chi connectivity index (χ3v) is 2.45. The summed E-state index contributed by atoms with van der Waals surface area (Å²) in [6.07, 6.45) is 5.63. The molecule has 0 aliphatic carbocycles. The summed E-state index contributed by atoms with van der Waals surface area (Å²) in [5.74, 6) is 0.815. The van der Waals surface area contributed by atoms with Crippen molar-refractivity contribution in [3.8, 4) is 11.1 Å². The molecule has 15 heavy (non-hydrogen) atoms. The number of nitrogens with zero attached hydrogens (tertiary/aromatic N) is 2. The van der Waals surface area contributed by atoms with Gasteiger partial charge in [-0.15, -0.1) is 0 Å². The minimum Gasteiger partial charge on any atom is -0.237 e. The van der Waals surface area contributed by atoms with Crippen molar-refractivity contribution in [2.24, 2.45) is 0 Å². The molecular formula is C13H9N2. The molecule has 2 heterocycles. The lowest BCUT2D eigenvalue weighted by molar-refractivity contribution is 1.12. The van der Waals surface area contributed by atoms with E-state index in [2.05, 4.69) is 28.5 Å². The van der Waals surface area contributed by atoms with E-state index in [1.165, 1.54) is 5.56 Å². The van der Waals surface area contributed by atoms with E-state index >= 15 is 0 Å². The van der Waals surface area contributed by atoms with Gasteiger partial charge in [-0.3, -0.25) is 0 Å². The van der Waals surface area contributed by atoms with Gasteiger partial charge >= 0.3 is 0 Å². The summed E-state index contributed by atoms with van der Waals surface area (Å²) >= 11 is 0. The number of pyridine rings is 1. The van der Waals surface area contributed by atoms with Crippen molar-refractivity contribution in [1.29, 1.82) is 0 Å². The van der Waals surface area contributed by atoms with Crippen molar-refractivity contribution in [1.82, 2.24) is 10.3 Å². The Balaban J connectivity index is 2.11.